The van der Waals surface area contributed by atoms with Crippen molar-refractivity contribution in [3.8, 4) is 5.75 Å². The van der Waals surface area contributed by atoms with Crippen LogP contribution in [0.3, 0.4) is 0 Å². The van der Waals surface area contributed by atoms with Gasteiger partial charge in [0.05, 0.1) is 12.0 Å². The monoisotopic (exact) mass is 391 g/mol. The molecular formula is C22H21N3O2S. The maximum absolute atomic E-state index is 12.7. The van der Waals surface area contributed by atoms with Crippen molar-refractivity contribution in [3.05, 3.63) is 81.8 Å². The SMILES string of the molecule is COc1ccc(CCNC(=O)c2sccc2Cc2ccnc3[nH]ccc23)cc1. The third-order valence-corrected chi connectivity index (χ3v) is 5.70. The highest BCUT2D eigenvalue weighted by Gasteiger charge is 2.14. The topological polar surface area (TPSA) is 67.0 Å². The third kappa shape index (κ3) is 3.92. The number of H-pyrrole nitrogens is 1. The second kappa shape index (κ2) is 8.27. The molecule has 1 amide bonds. The zero-order valence-corrected chi connectivity index (χ0v) is 16.4. The fraction of sp³-hybridized carbons (Fsp3) is 0.182. The first-order valence-corrected chi connectivity index (χ1v) is 10.0. The number of aromatic nitrogens is 2. The van der Waals surface area contributed by atoms with Gasteiger partial charge in [-0.05, 0) is 65.2 Å². The summed E-state index contributed by atoms with van der Waals surface area (Å²) in [6.45, 7) is 0.597. The third-order valence-electron chi connectivity index (χ3n) is 4.74. The summed E-state index contributed by atoms with van der Waals surface area (Å²) in [4.78, 5) is 20.9. The van der Waals surface area contributed by atoms with Crippen molar-refractivity contribution in [1.29, 1.82) is 0 Å². The average Bonchev–Trinajstić information content (AvgIpc) is 3.38. The van der Waals surface area contributed by atoms with E-state index in [1.807, 2.05) is 54.0 Å². The molecule has 0 spiro atoms. The van der Waals surface area contributed by atoms with Crippen LogP contribution in [0.15, 0.2) is 60.2 Å². The van der Waals surface area contributed by atoms with Gasteiger partial charge in [-0.15, -0.1) is 11.3 Å². The van der Waals surface area contributed by atoms with Gasteiger partial charge >= 0.3 is 0 Å². The molecule has 2 N–H and O–H groups in total. The molecule has 3 aromatic heterocycles. The number of thiophene rings is 1. The number of hydrogen-bond donors (Lipinski definition) is 2. The number of nitrogens with zero attached hydrogens (tertiary/aromatic N) is 1. The van der Waals surface area contributed by atoms with Crippen LogP contribution in [0, 0.1) is 0 Å². The molecule has 0 aliphatic rings. The van der Waals surface area contributed by atoms with Crippen molar-refractivity contribution in [2.75, 3.05) is 13.7 Å². The molecule has 0 aliphatic carbocycles. The maximum Gasteiger partial charge on any atom is 0.261 e. The summed E-state index contributed by atoms with van der Waals surface area (Å²) in [5.74, 6) is 0.821. The van der Waals surface area contributed by atoms with Gasteiger partial charge < -0.3 is 15.0 Å². The van der Waals surface area contributed by atoms with E-state index in [4.69, 9.17) is 4.74 Å². The Morgan fingerprint density at radius 1 is 1.14 bits per heavy atom. The summed E-state index contributed by atoms with van der Waals surface area (Å²) in [5.41, 5.74) is 4.25. The van der Waals surface area contributed by atoms with E-state index in [9.17, 15) is 4.79 Å². The van der Waals surface area contributed by atoms with Crippen LogP contribution < -0.4 is 10.1 Å². The van der Waals surface area contributed by atoms with Crippen LogP contribution in [0.1, 0.15) is 26.4 Å². The molecule has 0 atom stereocenters. The lowest BCUT2D eigenvalue weighted by molar-refractivity contribution is 0.0957. The standard InChI is InChI=1S/C22H21N3O2S/c1-27-18-4-2-15(3-5-18)6-10-25-22(26)20-17(9-13-28-20)14-16-7-11-23-21-19(16)8-12-24-21/h2-5,7-9,11-13H,6,10,14H2,1H3,(H,23,24)(H,25,26). The first-order valence-electron chi connectivity index (χ1n) is 9.13. The second-order valence-electron chi connectivity index (χ2n) is 6.52. The highest BCUT2D eigenvalue weighted by Crippen LogP contribution is 2.24. The van der Waals surface area contributed by atoms with Crippen molar-refractivity contribution in [2.24, 2.45) is 0 Å². The number of carbonyl (C=O) groups is 1. The largest absolute Gasteiger partial charge is 0.497 e. The fourth-order valence-corrected chi connectivity index (χ4v) is 4.08. The van der Waals surface area contributed by atoms with Crippen molar-refractivity contribution >= 4 is 28.3 Å². The highest BCUT2D eigenvalue weighted by atomic mass is 32.1. The Hall–Kier alpha value is -3.12. The number of aromatic amines is 1. The van der Waals surface area contributed by atoms with Gasteiger partial charge in [0, 0.05) is 24.3 Å². The lowest BCUT2D eigenvalue weighted by Gasteiger charge is -2.08. The van der Waals surface area contributed by atoms with Crippen LogP contribution in [-0.2, 0) is 12.8 Å². The highest BCUT2D eigenvalue weighted by molar-refractivity contribution is 7.12. The van der Waals surface area contributed by atoms with Crippen LogP contribution in [0.25, 0.3) is 11.0 Å². The first kappa shape index (κ1) is 18.3. The Balaban J connectivity index is 1.40. The lowest BCUT2D eigenvalue weighted by Crippen LogP contribution is -2.25. The van der Waals surface area contributed by atoms with Crippen molar-refractivity contribution in [3.63, 3.8) is 0 Å². The molecule has 0 saturated heterocycles. The van der Waals surface area contributed by atoms with Gasteiger partial charge in [-0.3, -0.25) is 4.79 Å². The quantitative estimate of drug-likeness (QED) is 0.496. The first-order chi connectivity index (χ1) is 13.7. The predicted molar refractivity (Wildman–Crippen MR) is 112 cm³/mol. The fourth-order valence-electron chi connectivity index (χ4n) is 3.24. The minimum Gasteiger partial charge on any atom is -0.497 e. The summed E-state index contributed by atoms with van der Waals surface area (Å²) >= 11 is 1.48. The summed E-state index contributed by atoms with van der Waals surface area (Å²) in [6.07, 6.45) is 5.18. The van der Waals surface area contributed by atoms with E-state index in [1.54, 1.807) is 13.3 Å². The minimum atomic E-state index is -0.0159. The molecule has 0 saturated carbocycles. The van der Waals surface area contributed by atoms with Crippen molar-refractivity contribution < 1.29 is 9.53 Å². The Labute approximate surface area is 167 Å². The molecule has 28 heavy (non-hydrogen) atoms. The van der Waals surface area contributed by atoms with Gasteiger partial charge in [0.15, 0.2) is 0 Å². The molecule has 5 nitrogen and oxygen atoms in total. The van der Waals surface area contributed by atoms with E-state index < -0.39 is 0 Å². The van der Waals surface area contributed by atoms with E-state index in [1.165, 1.54) is 16.9 Å². The molecule has 0 bridgehead atoms. The van der Waals surface area contributed by atoms with Crippen LogP contribution in [0.4, 0.5) is 0 Å². The number of nitrogens with one attached hydrogen (secondary N) is 2. The molecule has 4 rings (SSSR count). The van der Waals surface area contributed by atoms with Gasteiger partial charge in [0.2, 0.25) is 0 Å². The van der Waals surface area contributed by atoms with E-state index >= 15 is 0 Å². The van der Waals surface area contributed by atoms with Crippen LogP contribution >= 0.6 is 11.3 Å². The Morgan fingerprint density at radius 3 is 2.82 bits per heavy atom. The van der Waals surface area contributed by atoms with Gasteiger partial charge in [-0.1, -0.05) is 12.1 Å². The number of hydrogen-bond acceptors (Lipinski definition) is 4. The number of ether oxygens (including phenoxy) is 1. The number of methoxy groups -OCH3 is 1. The molecule has 4 aromatic rings. The number of rotatable bonds is 7. The van der Waals surface area contributed by atoms with Crippen LogP contribution in [-0.4, -0.2) is 29.5 Å². The lowest BCUT2D eigenvalue weighted by atomic mass is 10.0. The van der Waals surface area contributed by atoms with Crippen LogP contribution in [0.5, 0.6) is 5.75 Å². The number of benzene rings is 1. The molecular weight excluding hydrogens is 370 g/mol. The molecule has 3 heterocycles. The molecule has 1 aromatic carbocycles. The Bertz CT molecular complexity index is 1080. The molecule has 6 heteroatoms. The van der Waals surface area contributed by atoms with E-state index in [2.05, 4.69) is 15.3 Å². The molecule has 0 unspecified atom stereocenters. The number of fused-ring (bicyclic) bond motifs is 1. The zero-order chi connectivity index (χ0) is 19.3. The second-order valence-corrected chi connectivity index (χ2v) is 7.43. The van der Waals surface area contributed by atoms with Gasteiger partial charge in [-0.2, -0.15) is 0 Å². The number of carbonyl (C=O) groups excluding carboxylic acids is 1. The van der Waals surface area contributed by atoms with Gasteiger partial charge in [-0.25, -0.2) is 4.98 Å². The Morgan fingerprint density at radius 2 is 2.00 bits per heavy atom. The molecule has 0 aliphatic heterocycles. The summed E-state index contributed by atoms with van der Waals surface area (Å²) in [7, 11) is 1.65. The summed E-state index contributed by atoms with van der Waals surface area (Å²) < 4.78 is 5.17. The van der Waals surface area contributed by atoms with Crippen molar-refractivity contribution in [2.45, 2.75) is 12.8 Å². The maximum atomic E-state index is 12.7. The van der Waals surface area contributed by atoms with E-state index in [0.717, 1.165) is 39.2 Å². The van der Waals surface area contributed by atoms with Gasteiger partial charge in [0.1, 0.15) is 11.4 Å². The van der Waals surface area contributed by atoms with E-state index in [-0.39, 0.29) is 5.91 Å². The average molecular weight is 391 g/mol. The van der Waals surface area contributed by atoms with Crippen molar-refractivity contribution in [1.82, 2.24) is 15.3 Å². The molecule has 142 valence electrons. The van der Waals surface area contributed by atoms with E-state index in [0.29, 0.717) is 13.0 Å². The predicted octanol–water partition coefficient (Wildman–Crippen LogP) is 4.20. The number of pyridine rings is 1. The summed E-state index contributed by atoms with van der Waals surface area (Å²) in [5, 5.41) is 6.11. The smallest absolute Gasteiger partial charge is 0.261 e. The summed E-state index contributed by atoms with van der Waals surface area (Å²) in [6, 6.07) is 14.0. The Kier molecular flexibility index (Phi) is 5.39. The zero-order valence-electron chi connectivity index (χ0n) is 15.6. The van der Waals surface area contributed by atoms with Crippen LogP contribution in [0.2, 0.25) is 0 Å². The molecule has 0 radical (unpaired) electrons. The normalized spacial score (nSPS) is 10.9. The van der Waals surface area contributed by atoms with Gasteiger partial charge in [0.25, 0.3) is 5.91 Å². The molecule has 0 fully saturated rings. The minimum absolute atomic E-state index is 0.0159. The number of amides is 1.